The van der Waals surface area contributed by atoms with Crippen LogP contribution < -0.4 is 20.9 Å². The molecule has 0 saturated carbocycles. The summed E-state index contributed by atoms with van der Waals surface area (Å²) >= 11 is 0. The summed E-state index contributed by atoms with van der Waals surface area (Å²) in [5.41, 5.74) is 7.03. The van der Waals surface area contributed by atoms with E-state index < -0.39 is 0 Å². The molecule has 3 aromatic rings. The van der Waals surface area contributed by atoms with Crippen molar-refractivity contribution in [2.75, 3.05) is 41.7 Å². The van der Waals surface area contributed by atoms with Gasteiger partial charge in [0.1, 0.15) is 0 Å². The van der Waals surface area contributed by atoms with Gasteiger partial charge in [0, 0.05) is 36.9 Å². The first-order valence-electron chi connectivity index (χ1n) is 13.7. The van der Waals surface area contributed by atoms with E-state index in [0.29, 0.717) is 24.7 Å². The van der Waals surface area contributed by atoms with Crippen molar-refractivity contribution in [3.63, 3.8) is 0 Å². The number of rotatable bonds is 3. The monoisotopic (exact) mass is 510 g/mol. The summed E-state index contributed by atoms with van der Waals surface area (Å²) in [4.78, 5) is 33.6. The number of hydrogen-bond donors (Lipinski definition) is 3. The van der Waals surface area contributed by atoms with Crippen molar-refractivity contribution in [2.45, 2.75) is 50.4 Å². The first kappa shape index (κ1) is 24.6. The number of nitrogens with zero attached hydrogens (tertiary/aromatic N) is 3. The van der Waals surface area contributed by atoms with Crippen LogP contribution in [-0.4, -0.2) is 48.0 Å². The molecular formula is C30H34N6O2. The predicted molar refractivity (Wildman–Crippen MR) is 149 cm³/mol. The van der Waals surface area contributed by atoms with Gasteiger partial charge >= 0.3 is 0 Å². The molecule has 8 heteroatoms. The predicted octanol–water partition coefficient (Wildman–Crippen LogP) is 4.00. The molecule has 2 amide bonds. The van der Waals surface area contributed by atoms with Crippen molar-refractivity contribution in [1.82, 2.24) is 15.3 Å². The third kappa shape index (κ3) is 5.41. The van der Waals surface area contributed by atoms with Gasteiger partial charge < -0.3 is 20.9 Å². The van der Waals surface area contributed by atoms with Gasteiger partial charge in [-0.15, -0.1) is 0 Å². The molecule has 38 heavy (non-hydrogen) atoms. The van der Waals surface area contributed by atoms with E-state index in [1.807, 2.05) is 12.1 Å². The normalized spacial score (nSPS) is 19.2. The highest BCUT2D eigenvalue weighted by atomic mass is 16.2. The van der Waals surface area contributed by atoms with Crippen LogP contribution in [0.5, 0.6) is 0 Å². The zero-order valence-electron chi connectivity index (χ0n) is 21.6. The van der Waals surface area contributed by atoms with Crippen LogP contribution in [0.3, 0.4) is 0 Å². The molecule has 7 rings (SSSR count). The third-order valence-electron chi connectivity index (χ3n) is 8.12. The second-order valence-electron chi connectivity index (χ2n) is 10.6. The highest BCUT2D eigenvalue weighted by Gasteiger charge is 2.25. The molecule has 4 aliphatic rings. The van der Waals surface area contributed by atoms with E-state index in [2.05, 4.69) is 61.2 Å². The second-order valence-corrected chi connectivity index (χ2v) is 10.6. The van der Waals surface area contributed by atoms with Crippen LogP contribution in [0.2, 0.25) is 0 Å². The molecule has 8 nitrogen and oxygen atoms in total. The molecule has 2 saturated heterocycles. The first-order valence-corrected chi connectivity index (χ1v) is 13.7. The van der Waals surface area contributed by atoms with Crippen LogP contribution in [0.25, 0.3) is 0 Å². The number of piperidine rings is 2. The van der Waals surface area contributed by atoms with Crippen LogP contribution in [0.15, 0.2) is 54.9 Å². The molecule has 0 unspecified atom stereocenters. The fraction of sp³-hybridized carbons (Fsp3) is 0.400. The Morgan fingerprint density at radius 3 is 1.79 bits per heavy atom. The Morgan fingerprint density at radius 1 is 0.711 bits per heavy atom. The van der Waals surface area contributed by atoms with Crippen molar-refractivity contribution in [2.24, 2.45) is 0 Å². The molecule has 0 aliphatic carbocycles. The van der Waals surface area contributed by atoms with Gasteiger partial charge in [-0.2, -0.15) is 0 Å². The summed E-state index contributed by atoms with van der Waals surface area (Å²) < 4.78 is 0. The van der Waals surface area contributed by atoms with Gasteiger partial charge in [0.05, 0.1) is 12.8 Å². The molecule has 5 heterocycles. The number of hydrogen-bond acceptors (Lipinski definition) is 6. The van der Waals surface area contributed by atoms with Crippen molar-refractivity contribution in [3.05, 3.63) is 77.1 Å². The Kier molecular flexibility index (Phi) is 7.05. The molecule has 0 atom stereocenters. The van der Waals surface area contributed by atoms with Crippen LogP contribution in [0, 0.1) is 0 Å². The number of carbonyl (C=O) groups excluding carboxylic acids is 2. The SMILES string of the molecule is O=C1Cc2cc(C3CCN(c4ncccn4)CC3)ccc2N1.O=C1Cc2cc(C3CCNCC3)ccc2N1. The number of nitrogens with one attached hydrogen (secondary N) is 3. The standard InChI is InChI=1S/C17H18N4O.C13H16N2O/c22-16-11-14-10-13(2-3-15(14)20-16)12-4-8-21(9-5-12)17-18-6-1-7-19-17;16-13-8-11-7-10(1-2-12(11)15-13)9-3-5-14-6-4-9/h1-3,6-7,10,12H,4-5,8-9,11H2,(H,20,22);1-2,7,9,14H,3-6,8H2,(H,15,16). The Bertz CT molecular complexity index is 1310. The van der Waals surface area contributed by atoms with Gasteiger partial charge in [-0.1, -0.05) is 24.3 Å². The molecule has 0 bridgehead atoms. The van der Waals surface area contributed by atoms with Crippen molar-refractivity contribution in [1.29, 1.82) is 0 Å². The summed E-state index contributed by atoms with van der Waals surface area (Å²) in [5.74, 6) is 2.27. The van der Waals surface area contributed by atoms with Gasteiger partial charge in [-0.25, -0.2) is 9.97 Å². The van der Waals surface area contributed by atoms with Gasteiger partial charge in [-0.3, -0.25) is 9.59 Å². The second kappa shape index (κ2) is 10.9. The maximum absolute atomic E-state index is 11.5. The lowest BCUT2D eigenvalue weighted by Crippen LogP contribution is -2.34. The zero-order valence-corrected chi connectivity index (χ0v) is 21.6. The van der Waals surface area contributed by atoms with Crippen LogP contribution >= 0.6 is 0 Å². The molecule has 0 spiro atoms. The maximum Gasteiger partial charge on any atom is 0.228 e. The lowest BCUT2D eigenvalue weighted by molar-refractivity contribution is -0.115. The lowest BCUT2D eigenvalue weighted by Gasteiger charge is -2.32. The number of aromatic nitrogens is 2. The molecule has 2 aromatic carbocycles. The average Bonchev–Trinajstić information content (AvgIpc) is 3.53. The van der Waals surface area contributed by atoms with E-state index in [4.69, 9.17) is 0 Å². The van der Waals surface area contributed by atoms with Crippen molar-refractivity contribution >= 4 is 29.1 Å². The molecular weight excluding hydrogens is 476 g/mol. The van der Waals surface area contributed by atoms with Crippen LogP contribution in [-0.2, 0) is 22.4 Å². The average molecular weight is 511 g/mol. The maximum atomic E-state index is 11.5. The molecule has 2 fully saturated rings. The van der Waals surface area contributed by atoms with Crippen LogP contribution in [0.1, 0.15) is 59.8 Å². The minimum Gasteiger partial charge on any atom is -0.341 e. The Labute approximate surface area is 223 Å². The van der Waals surface area contributed by atoms with Crippen molar-refractivity contribution < 1.29 is 9.59 Å². The Hall–Kier alpha value is -3.78. The van der Waals surface area contributed by atoms with Gasteiger partial charge in [0.25, 0.3) is 0 Å². The van der Waals surface area contributed by atoms with Crippen molar-refractivity contribution in [3.8, 4) is 0 Å². The zero-order chi connectivity index (χ0) is 25.9. The Morgan fingerprint density at radius 2 is 1.24 bits per heavy atom. The molecule has 196 valence electrons. The summed E-state index contributed by atoms with van der Waals surface area (Å²) in [7, 11) is 0. The van der Waals surface area contributed by atoms with E-state index in [0.717, 1.165) is 61.9 Å². The summed E-state index contributed by atoms with van der Waals surface area (Å²) in [6, 6.07) is 14.7. The molecule has 0 radical (unpaired) electrons. The van der Waals surface area contributed by atoms with Gasteiger partial charge in [-0.05, 0) is 91.1 Å². The topological polar surface area (TPSA) is 99.2 Å². The van der Waals surface area contributed by atoms with Crippen LogP contribution in [0.4, 0.5) is 17.3 Å². The summed E-state index contributed by atoms with van der Waals surface area (Å²) in [6.45, 7) is 4.17. The van der Waals surface area contributed by atoms with Gasteiger partial charge in [0.2, 0.25) is 17.8 Å². The van der Waals surface area contributed by atoms with E-state index in [1.54, 1.807) is 12.4 Å². The van der Waals surface area contributed by atoms with E-state index in [-0.39, 0.29) is 11.8 Å². The van der Waals surface area contributed by atoms with E-state index in [9.17, 15) is 9.59 Å². The quantitative estimate of drug-likeness (QED) is 0.493. The number of anilines is 3. The fourth-order valence-electron chi connectivity index (χ4n) is 6.03. The Balaban J connectivity index is 0.000000146. The number of fused-ring (bicyclic) bond motifs is 2. The number of benzene rings is 2. The number of carbonyl (C=O) groups is 2. The fourth-order valence-corrected chi connectivity index (χ4v) is 6.03. The van der Waals surface area contributed by atoms with E-state index >= 15 is 0 Å². The highest BCUT2D eigenvalue weighted by Crippen LogP contribution is 2.33. The van der Waals surface area contributed by atoms with E-state index in [1.165, 1.54) is 29.5 Å². The minimum atomic E-state index is 0.100. The highest BCUT2D eigenvalue weighted by molar-refractivity contribution is 5.99. The number of amides is 2. The summed E-state index contributed by atoms with van der Waals surface area (Å²) in [6.07, 6.45) is 9.25. The lowest BCUT2D eigenvalue weighted by atomic mass is 9.88. The van der Waals surface area contributed by atoms with Gasteiger partial charge in [0.15, 0.2) is 0 Å². The first-order chi connectivity index (χ1) is 18.6. The molecule has 4 aliphatic heterocycles. The third-order valence-corrected chi connectivity index (χ3v) is 8.12. The minimum absolute atomic E-state index is 0.100. The largest absolute Gasteiger partial charge is 0.341 e. The molecule has 1 aromatic heterocycles. The summed E-state index contributed by atoms with van der Waals surface area (Å²) in [5, 5.41) is 9.15. The molecule has 3 N–H and O–H groups in total. The smallest absolute Gasteiger partial charge is 0.228 e.